The number of aryl methyl sites for hydroxylation is 1. The Bertz CT molecular complexity index is 458. The molecule has 0 fully saturated rings. The Balaban J connectivity index is 2.86. The quantitative estimate of drug-likeness (QED) is 0.862. The Kier molecular flexibility index (Phi) is 4.71. The summed E-state index contributed by atoms with van der Waals surface area (Å²) in [5.74, 6) is -1.01. The van der Waals surface area contributed by atoms with Crippen LogP contribution < -0.4 is 5.32 Å². The minimum atomic E-state index is -1.01. The molecule has 0 spiro atoms. The van der Waals surface area contributed by atoms with Crippen molar-refractivity contribution < 1.29 is 14.7 Å². The van der Waals surface area contributed by atoms with Gasteiger partial charge in [0.25, 0.3) is 0 Å². The van der Waals surface area contributed by atoms with E-state index in [0.29, 0.717) is 12.2 Å². The fourth-order valence-corrected chi connectivity index (χ4v) is 1.54. The molecule has 0 saturated heterocycles. The highest BCUT2D eigenvalue weighted by Gasteiger charge is 2.11. The number of carbonyl (C=O) groups is 2. The normalized spacial score (nSPS) is 9.94. The molecule has 0 aliphatic rings. The fraction of sp³-hybridized carbons (Fsp3) is 0.385. The van der Waals surface area contributed by atoms with E-state index < -0.39 is 5.97 Å². The van der Waals surface area contributed by atoms with E-state index in [4.69, 9.17) is 5.11 Å². The van der Waals surface area contributed by atoms with Gasteiger partial charge in [-0.15, -0.1) is 0 Å². The van der Waals surface area contributed by atoms with Gasteiger partial charge in [-0.25, -0.2) is 9.59 Å². The number of aromatic carboxylic acids is 1. The SMILES string of the molecule is CCCN(C)C(=O)Nc1cc(C(=O)O)ccc1C. The van der Waals surface area contributed by atoms with Crippen LogP contribution >= 0.6 is 0 Å². The Labute approximate surface area is 106 Å². The number of carboxylic acid groups (broad SMARTS) is 1. The molecule has 0 radical (unpaired) electrons. The van der Waals surface area contributed by atoms with Gasteiger partial charge in [0.2, 0.25) is 0 Å². The summed E-state index contributed by atoms with van der Waals surface area (Å²) in [5, 5.41) is 11.6. The van der Waals surface area contributed by atoms with Crippen molar-refractivity contribution in [3.8, 4) is 0 Å². The molecular formula is C13H18N2O3. The predicted molar refractivity (Wildman–Crippen MR) is 70.1 cm³/mol. The van der Waals surface area contributed by atoms with Crippen LogP contribution in [0.25, 0.3) is 0 Å². The molecule has 0 saturated carbocycles. The molecule has 1 rings (SSSR count). The van der Waals surface area contributed by atoms with Crippen LogP contribution in [0.15, 0.2) is 18.2 Å². The first kappa shape index (κ1) is 14.0. The summed E-state index contributed by atoms with van der Waals surface area (Å²) in [4.78, 5) is 24.2. The second-order valence-corrected chi connectivity index (χ2v) is 4.19. The molecule has 0 atom stereocenters. The molecule has 1 aromatic rings. The first-order valence-electron chi connectivity index (χ1n) is 5.81. The van der Waals surface area contributed by atoms with Gasteiger partial charge in [0.15, 0.2) is 0 Å². The van der Waals surface area contributed by atoms with Crippen molar-refractivity contribution in [1.29, 1.82) is 0 Å². The number of carbonyl (C=O) groups excluding carboxylic acids is 1. The van der Waals surface area contributed by atoms with Crippen molar-refractivity contribution in [2.45, 2.75) is 20.3 Å². The minimum Gasteiger partial charge on any atom is -0.478 e. The topological polar surface area (TPSA) is 69.6 Å². The third-order valence-corrected chi connectivity index (χ3v) is 2.63. The highest BCUT2D eigenvalue weighted by atomic mass is 16.4. The molecule has 1 aromatic carbocycles. The fourth-order valence-electron chi connectivity index (χ4n) is 1.54. The first-order chi connectivity index (χ1) is 8.45. The number of nitrogens with zero attached hydrogens (tertiary/aromatic N) is 1. The van der Waals surface area contributed by atoms with Crippen molar-refractivity contribution in [1.82, 2.24) is 4.90 Å². The summed E-state index contributed by atoms with van der Waals surface area (Å²) in [7, 11) is 1.70. The maximum Gasteiger partial charge on any atom is 0.335 e. The van der Waals surface area contributed by atoms with E-state index in [2.05, 4.69) is 5.32 Å². The van der Waals surface area contributed by atoms with Crippen LogP contribution in [0.5, 0.6) is 0 Å². The zero-order chi connectivity index (χ0) is 13.7. The maximum absolute atomic E-state index is 11.8. The Morgan fingerprint density at radius 1 is 1.39 bits per heavy atom. The lowest BCUT2D eigenvalue weighted by Gasteiger charge is -2.18. The molecule has 18 heavy (non-hydrogen) atoms. The third-order valence-electron chi connectivity index (χ3n) is 2.63. The molecule has 98 valence electrons. The monoisotopic (exact) mass is 250 g/mol. The van der Waals surface area contributed by atoms with Gasteiger partial charge in [0.1, 0.15) is 0 Å². The van der Waals surface area contributed by atoms with E-state index in [0.717, 1.165) is 12.0 Å². The van der Waals surface area contributed by atoms with Crippen molar-refractivity contribution in [2.75, 3.05) is 18.9 Å². The van der Waals surface area contributed by atoms with Crippen LogP contribution in [0.2, 0.25) is 0 Å². The molecule has 0 unspecified atom stereocenters. The van der Waals surface area contributed by atoms with Crippen LogP contribution in [0.1, 0.15) is 29.3 Å². The third kappa shape index (κ3) is 3.48. The molecule has 0 aromatic heterocycles. The summed E-state index contributed by atoms with van der Waals surface area (Å²) in [6.07, 6.45) is 0.873. The molecule has 5 nitrogen and oxygen atoms in total. The summed E-state index contributed by atoms with van der Waals surface area (Å²) in [6, 6.07) is 4.43. The number of nitrogens with one attached hydrogen (secondary N) is 1. The zero-order valence-electron chi connectivity index (χ0n) is 10.9. The van der Waals surface area contributed by atoms with Crippen LogP contribution in [0.3, 0.4) is 0 Å². The molecule has 2 N–H and O–H groups in total. The number of hydrogen-bond donors (Lipinski definition) is 2. The van der Waals surface area contributed by atoms with E-state index in [1.165, 1.54) is 12.1 Å². The van der Waals surface area contributed by atoms with Gasteiger partial charge >= 0.3 is 12.0 Å². The van der Waals surface area contributed by atoms with Crippen LogP contribution in [0.4, 0.5) is 10.5 Å². The van der Waals surface area contributed by atoms with Crippen molar-refractivity contribution >= 4 is 17.7 Å². The van der Waals surface area contributed by atoms with Gasteiger partial charge in [0.05, 0.1) is 5.56 Å². The number of anilines is 1. The first-order valence-corrected chi connectivity index (χ1v) is 5.81. The lowest BCUT2D eigenvalue weighted by molar-refractivity contribution is 0.0697. The van der Waals surface area contributed by atoms with E-state index in [9.17, 15) is 9.59 Å². The average Bonchev–Trinajstić information content (AvgIpc) is 2.31. The summed E-state index contributed by atoms with van der Waals surface area (Å²) < 4.78 is 0. The number of carboxylic acids is 1. The number of hydrogen-bond acceptors (Lipinski definition) is 2. The van der Waals surface area contributed by atoms with Gasteiger partial charge in [-0.1, -0.05) is 13.0 Å². The van der Waals surface area contributed by atoms with E-state index in [1.54, 1.807) is 18.0 Å². The summed E-state index contributed by atoms with van der Waals surface area (Å²) in [6.45, 7) is 4.46. The van der Waals surface area contributed by atoms with Gasteiger partial charge < -0.3 is 15.3 Å². The molecular weight excluding hydrogens is 232 g/mol. The number of benzene rings is 1. The number of amides is 2. The van der Waals surface area contributed by atoms with Crippen molar-refractivity contribution in [3.05, 3.63) is 29.3 Å². The number of rotatable bonds is 4. The highest BCUT2D eigenvalue weighted by molar-refractivity contribution is 5.93. The standard InChI is InChI=1S/C13H18N2O3/c1-4-7-15(3)13(18)14-11-8-10(12(16)17)6-5-9(11)2/h5-6,8H,4,7H2,1-3H3,(H,14,18)(H,16,17). The molecule has 0 heterocycles. The molecule has 5 heteroatoms. The second-order valence-electron chi connectivity index (χ2n) is 4.19. The molecule has 2 amide bonds. The predicted octanol–water partition coefficient (Wildman–Crippen LogP) is 2.57. The lowest BCUT2D eigenvalue weighted by Crippen LogP contribution is -2.32. The van der Waals surface area contributed by atoms with E-state index >= 15 is 0 Å². The average molecular weight is 250 g/mol. The lowest BCUT2D eigenvalue weighted by atomic mass is 10.1. The van der Waals surface area contributed by atoms with Gasteiger partial charge in [-0.2, -0.15) is 0 Å². The maximum atomic E-state index is 11.8. The van der Waals surface area contributed by atoms with E-state index in [1.807, 2.05) is 13.8 Å². The van der Waals surface area contributed by atoms with Crippen molar-refractivity contribution in [2.24, 2.45) is 0 Å². The Morgan fingerprint density at radius 3 is 2.61 bits per heavy atom. The second kappa shape index (κ2) is 6.05. The van der Waals surface area contributed by atoms with Crippen molar-refractivity contribution in [3.63, 3.8) is 0 Å². The van der Waals surface area contributed by atoms with Gasteiger partial charge in [-0.05, 0) is 31.0 Å². The summed E-state index contributed by atoms with van der Waals surface area (Å²) >= 11 is 0. The zero-order valence-corrected chi connectivity index (χ0v) is 10.9. The highest BCUT2D eigenvalue weighted by Crippen LogP contribution is 2.17. The van der Waals surface area contributed by atoms with Crippen LogP contribution in [-0.4, -0.2) is 35.6 Å². The van der Waals surface area contributed by atoms with Gasteiger partial charge in [-0.3, -0.25) is 0 Å². The van der Waals surface area contributed by atoms with E-state index in [-0.39, 0.29) is 11.6 Å². The molecule has 0 aliphatic carbocycles. The Hall–Kier alpha value is -2.04. The molecule has 0 aliphatic heterocycles. The summed E-state index contributed by atoms with van der Waals surface area (Å²) in [5.41, 5.74) is 1.52. The van der Waals surface area contributed by atoms with Crippen LogP contribution in [0, 0.1) is 6.92 Å². The Morgan fingerprint density at radius 2 is 2.06 bits per heavy atom. The molecule has 0 bridgehead atoms. The van der Waals surface area contributed by atoms with Crippen LogP contribution in [-0.2, 0) is 0 Å². The minimum absolute atomic E-state index is 0.161. The number of urea groups is 1. The van der Waals surface area contributed by atoms with Gasteiger partial charge in [0, 0.05) is 19.3 Å². The largest absolute Gasteiger partial charge is 0.478 e. The smallest absolute Gasteiger partial charge is 0.335 e.